The smallest absolute Gasteiger partial charge is 0.303 e. The van der Waals surface area contributed by atoms with Crippen LogP contribution >= 0.6 is 0 Å². The largest absolute Gasteiger partial charge is 0.481 e. The van der Waals surface area contributed by atoms with Crippen molar-refractivity contribution in [2.75, 3.05) is 0 Å². The average Bonchev–Trinajstić information content (AvgIpc) is 2.31. The third kappa shape index (κ3) is 1.79. The zero-order valence-corrected chi connectivity index (χ0v) is 9.12. The Labute approximate surface area is 85.7 Å². The molecule has 2 fully saturated rings. The number of aliphatic carboxylic acids is 1. The van der Waals surface area contributed by atoms with Gasteiger partial charge in [0, 0.05) is 6.42 Å². The van der Waals surface area contributed by atoms with E-state index in [9.17, 15) is 4.79 Å². The van der Waals surface area contributed by atoms with Crippen LogP contribution in [0.3, 0.4) is 0 Å². The van der Waals surface area contributed by atoms with Gasteiger partial charge in [0.1, 0.15) is 0 Å². The standard InChI is InChI=1S/C12H20O2/c1-12(2)6-8-3-4-9(7-12)10(8)5-11(13)14/h8-10H,3-7H2,1-2H3,(H,13,14). The Morgan fingerprint density at radius 3 is 2.21 bits per heavy atom. The maximum absolute atomic E-state index is 10.7. The normalized spacial score (nSPS) is 39.7. The van der Waals surface area contributed by atoms with Gasteiger partial charge in [0.15, 0.2) is 0 Å². The van der Waals surface area contributed by atoms with Crippen molar-refractivity contribution in [3.63, 3.8) is 0 Å². The van der Waals surface area contributed by atoms with Gasteiger partial charge in [-0.2, -0.15) is 0 Å². The molecule has 2 saturated carbocycles. The molecule has 0 heterocycles. The minimum absolute atomic E-state index is 0.408. The molecule has 2 rings (SSSR count). The van der Waals surface area contributed by atoms with E-state index in [0.29, 0.717) is 29.6 Å². The molecule has 2 aliphatic rings. The summed E-state index contributed by atoms with van der Waals surface area (Å²) < 4.78 is 0. The van der Waals surface area contributed by atoms with Crippen molar-refractivity contribution in [1.29, 1.82) is 0 Å². The van der Waals surface area contributed by atoms with Crippen molar-refractivity contribution in [3.8, 4) is 0 Å². The number of rotatable bonds is 2. The summed E-state index contributed by atoms with van der Waals surface area (Å²) in [6.07, 6.45) is 5.42. The molecule has 80 valence electrons. The molecule has 0 amide bonds. The van der Waals surface area contributed by atoms with Gasteiger partial charge in [-0.25, -0.2) is 0 Å². The molecule has 0 aromatic rings. The SMILES string of the molecule is CC1(C)CC2CCC(C1)C2CC(=O)O. The van der Waals surface area contributed by atoms with E-state index < -0.39 is 5.97 Å². The number of fused-ring (bicyclic) bond motifs is 2. The first-order valence-electron chi connectivity index (χ1n) is 5.70. The first-order valence-corrected chi connectivity index (χ1v) is 5.70. The third-order valence-corrected chi connectivity index (χ3v) is 4.16. The highest BCUT2D eigenvalue weighted by Gasteiger charge is 2.45. The predicted octanol–water partition coefficient (Wildman–Crippen LogP) is 2.92. The number of hydrogen-bond donors (Lipinski definition) is 1. The quantitative estimate of drug-likeness (QED) is 0.737. The minimum atomic E-state index is -0.605. The molecule has 0 saturated heterocycles. The van der Waals surface area contributed by atoms with E-state index in [2.05, 4.69) is 13.8 Å². The minimum Gasteiger partial charge on any atom is -0.481 e. The van der Waals surface area contributed by atoms with E-state index in [-0.39, 0.29) is 0 Å². The van der Waals surface area contributed by atoms with Crippen molar-refractivity contribution in [2.45, 2.75) is 46.0 Å². The summed E-state index contributed by atoms with van der Waals surface area (Å²) in [6.45, 7) is 4.66. The predicted molar refractivity (Wildman–Crippen MR) is 55.0 cm³/mol. The van der Waals surface area contributed by atoms with Crippen LogP contribution in [0, 0.1) is 23.2 Å². The second kappa shape index (κ2) is 3.25. The highest BCUT2D eigenvalue weighted by molar-refractivity contribution is 5.67. The summed E-state index contributed by atoms with van der Waals surface area (Å²) in [4.78, 5) is 10.7. The highest BCUT2D eigenvalue weighted by Crippen LogP contribution is 2.54. The van der Waals surface area contributed by atoms with E-state index in [0.717, 1.165) is 0 Å². The van der Waals surface area contributed by atoms with Crippen molar-refractivity contribution in [1.82, 2.24) is 0 Å². The summed E-state index contributed by atoms with van der Waals surface area (Å²) in [5, 5.41) is 8.86. The molecular formula is C12H20O2. The summed E-state index contributed by atoms with van der Waals surface area (Å²) in [5.74, 6) is 1.27. The lowest BCUT2D eigenvalue weighted by Crippen LogP contribution is -2.32. The molecule has 2 nitrogen and oxygen atoms in total. The maximum atomic E-state index is 10.7. The van der Waals surface area contributed by atoms with Crippen molar-refractivity contribution < 1.29 is 9.90 Å². The number of carboxylic acids is 1. The number of hydrogen-bond acceptors (Lipinski definition) is 1. The maximum Gasteiger partial charge on any atom is 0.303 e. The Morgan fingerprint density at radius 2 is 1.79 bits per heavy atom. The summed E-state index contributed by atoms with van der Waals surface area (Å²) in [6, 6.07) is 0. The Kier molecular flexibility index (Phi) is 2.32. The van der Waals surface area contributed by atoms with E-state index in [1.807, 2.05) is 0 Å². The van der Waals surface area contributed by atoms with E-state index in [4.69, 9.17) is 5.11 Å². The lowest BCUT2D eigenvalue weighted by Gasteiger charge is -2.39. The fraction of sp³-hybridized carbons (Fsp3) is 0.917. The third-order valence-electron chi connectivity index (χ3n) is 4.16. The molecule has 2 aliphatic carbocycles. The van der Waals surface area contributed by atoms with Gasteiger partial charge in [-0.05, 0) is 48.9 Å². The Balaban J connectivity index is 2.06. The first kappa shape index (κ1) is 10.0. The van der Waals surface area contributed by atoms with Gasteiger partial charge >= 0.3 is 5.97 Å². The van der Waals surface area contributed by atoms with Crippen LogP contribution in [-0.4, -0.2) is 11.1 Å². The van der Waals surface area contributed by atoms with Crippen LogP contribution in [0.25, 0.3) is 0 Å². The van der Waals surface area contributed by atoms with Crippen LogP contribution in [0.2, 0.25) is 0 Å². The summed E-state index contributed by atoms with van der Waals surface area (Å²) >= 11 is 0. The monoisotopic (exact) mass is 196 g/mol. The van der Waals surface area contributed by atoms with Gasteiger partial charge in [0.2, 0.25) is 0 Å². The Morgan fingerprint density at radius 1 is 1.29 bits per heavy atom. The van der Waals surface area contributed by atoms with Crippen LogP contribution in [0.1, 0.15) is 46.0 Å². The molecule has 2 unspecified atom stereocenters. The van der Waals surface area contributed by atoms with Crippen LogP contribution < -0.4 is 0 Å². The summed E-state index contributed by atoms with van der Waals surface area (Å²) in [5.41, 5.74) is 0.459. The molecule has 0 aliphatic heterocycles. The molecule has 14 heavy (non-hydrogen) atoms. The topological polar surface area (TPSA) is 37.3 Å². The molecule has 0 aromatic carbocycles. The molecular weight excluding hydrogens is 176 g/mol. The van der Waals surface area contributed by atoms with Gasteiger partial charge in [-0.15, -0.1) is 0 Å². The lowest BCUT2D eigenvalue weighted by atomic mass is 9.65. The van der Waals surface area contributed by atoms with Crippen molar-refractivity contribution >= 4 is 5.97 Å². The second-order valence-corrected chi connectivity index (χ2v) is 5.93. The fourth-order valence-electron chi connectivity index (χ4n) is 3.79. The summed E-state index contributed by atoms with van der Waals surface area (Å²) in [7, 11) is 0. The van der Waals surface area contributed by atoms with Crippen LogP contribution in [0.4, 0.5) is 0 Å². The van der Waals surface area contributed by atoms with Gasteiger partial charge in [-0.1, -0.05) is 13.8 Å². The van der Waals surface area contributed by atoms with Gasteiger partial charge in [0.25, 0.3) is 0 Å². The molecule has 1 N–H and O–H groups in total. The van der Waals surface area contributed by atoms with Crippen LogP contribution in [0.5, 0.6) is 0 Å². The Hall–Kier alpha value is -0.530. The zero-order valence-electron chi connectivity index (χ0n) is 9.12. The number of carbonyl (C=O) groups is 1. The second-order valence-electron chi connectivity index (χ2n) is 5.93. The molecule has 0 spiro atoms. The fourth-order valence-corrected chi connectivity index (χ4v) is 3.79. The van der Waals surface area contributed by atoms with Gasteiger partial charge in [0.05, 0.1) is 0 Å². The van der Waals surface area contributed by atoms with Gasteiger partial charge in [-0.3, -0.25) is 4.79 Å². The van der Waals surface area contributed by atoms with Gasteiger partial charge < -0.3 is 5.11 Å². The number of carboxylic acid groups (broad SMARTS) is 1. The lowest BCUT2D eigenvalue weighted by molar-refractivity contribution is -0.139. The van der Waals surface area contributed by atoms with Crippen molar-refractivity contribution in [2.24, 2.45) is 23.2 Å². The van der Waals surface area contributed by atoms with E-state index in [1.165, 1.54) is 25.7 Å². The average molecular weight is 196 g/mol. The zero-order chi connectivity index (χ0) is 10.3. The molecule has 2 bridgehead atoms. The molecule has 0 aromatic heterocycles. The molecule has 0 radical (unpaired) electrons. The Bertz CT molecular complexity index is 229. The molecule has 2 heteroatoms. The van der Waals surface area contributed by atoms with Crippen molar-refractivity contribution in [3.05, 3.63) is 0 Å². The highest BCUT2D eigenvalue weighted by atomic mass is 16.4. The van der Waals surface area contributed by atoms with E-state index >= 15 is 0 Å². The first-order chi connectivity index (χ1) is 6.48. The van der Waals surface area contributed by atoms with Crippen LogP contribution in [-0.2, 0) is 4.79 Å². The molecule has 2 atom stereocenters. The van der Waals surface area contributed by atoms with E-state index in [1.54, 1.807) is 0 Å². The van der Waals surface area contributed by atoms with Crippen LogP contribution in [0.15, 0.2) is 0 Å².